The average Bonchev–Trinajstić information content (AvgIpc) is 3.24. The van der Waals surface area contributed by atoms with Gasteiger partial charge < -0.3 is 10.2 Å². The first-order chi connectivity index (χ1) is 13.2. The summed E-state index contributed by atoms with van der Waals surface area (Å²) in [6.07, 6.45) is 2.36. The van der Waals surface area contributed by atoms with Gasteiger partial charge in [0.15, 0.2) is 0 Å². The molecule has 1 saturated heterocycles. The Morgan fingerprint density at radius 1 is 0.963 bits per heavy atom. The fourth-order valence-electron chi connectivity index (χ4n) is 3.54. The Balaban J connectivity index is 0.00000102. The van der Waals surface area contributed by atoms with E-state index in [1.54, 1.807) is 0 Å². The number of nitrogens with one attached hydrogen (secondary N) is 1. The summed E-state index contributed by atoms with van der Waals surface area (Å²) >= 11 is 0. The number of nitrogens with zero attached hydrogens (tertiary/aromatic N) is 2. The summed E-state index contributed by atoms with van der Waals surface area (Å²) in [5.74, 6) is 0.858. The zero-order chi connectivity index (χ0) is 19.2. The number of hydrogen-bond acceptors (Lipinski definition) is 3. The lowest BCUT2D eigenvalue weighted by atomic mass is 10.0. The van der Waals surface area contributed by atoms with Crippen molar-refractivity contribution >= 4 is 28.3 Å². The minimum Gasteiger partial charge on any atom is -0.356 e. The maximum Gasteiger partial charge on any atom is 0.256 e. The predicted molar refractivity (Wildman–Crippen MR) is 114 cm³/mol. The van der Waals surface area contributed by atoms with Crippen LogP contribution >= 0.6 is 0 Å². The summed E-state index contributed by atoms with van der Waals surface area (Å²) in [6, 6.07) is 17.5. The lowest BCUT2D eigenvalue weighted by Crippen LogP contribution is -2.23. The van der Waals surface area contributed by atoms with Crippen LogP contribution in [0.1, 0.15) is 42.6 Å². The van der Waals surface area contributed by atoms with Crippen LogP contribution in [-0.4, -0.2) is 24.0 Å². The van der Waals surface area contributed by atoms with Gasteiger partial charge in [-0.15, -0.1) is 0 Å². The van der Waals surface area contributed by atoms with E-state index in [9.17, 15) is 4.79 Å². The molecule has 140 valence electrons. The van der Waals surface area contributed by atoms with Crippen LogP contribution in [0.25, 0.3) is 10.9 Å². The number of fused-ring (bicyclic) bond motifs is 1. The molecule has 4 rings (SSSR count). The molecule has 0 aliphatic carbocycles. The van der Waals surface area contributed by atoms with Gasteiger partial charge in [0.05, 0.1) is 11.1 Å². The smallest absolute Gasteiger partial charge is 0.256 e. The Bertz CT molecular complexity index is 916. The summed E-state index contributed by atoms with van der Waals surface area (Å²) in [6.45, 7) is 8.02. The van der Waals surface area contributed by atoms with Crippen LogP contribution in [0.5, 0.6) is 0 Å². The summed E-state index contributed by atoms with van der Waals surface area (Å²) in [7, 11) is 0. The molecule has 1 aliphatic heterocycles. The number of para-hydroxylation sites is 2. The van der Waals surface area contributed by atoms with Crippen LogP contribution in [0.3, 0.4) is 0 Å². The van der Waals surface area contributed by atoms with Crippen molar-refractivity contribution in [2.75, 3.05) is 23.3 Å². The third-order valence-electron chi connectivity index (χ3n) is 4.77. The molecule has 3 aromatic rings. The van der Waals surface area contributed by atoms with E-state index < -0.39 is 0 Å². The standard InChI is InChI=1S/C21H21N3O.C2H6/c1-15-19(21(25)22-16-9-3-2-4-10-16)17-11-5-6-12-18(17)23-20(15)24-13-7-8-14-24;1-2/h2-6,9-12H,7-8,13-14H2,1H3,(H,22,25);1-2H3. The van der Waals surface area contributed by atoms with E-state index in [1.807, 2.05) is 75.4 Å². The lowest BCUT2D eigenvalue weighted by molar-refractivity contribution is 0.102. The predicted octanol–water partition coefficient (Wildman–Crippen LogP) is 5.42. The molecule has 27 heavy (non-hydrogen) atoms. The quantitative estimate of drug-likeness (QED) is 0.677. The Kier molecular flexibility index (Phi) is 6.07. The summed E-state index contributed by atoms with van der Waals surface area (Å²) in [4.78, 5) is 20.2. The molecule has 1 aliphatic rings. The highest BCUT2D eigenvalue weighted by atomic mass is 16.1. The van der Waals surface area contributed by atoms with Crippen molar-refractivity contribution in [3.63, 3.8) is 0 Å². The summed E-state index contributed by atoms with van der Waals surface area (Å²) < 4.78 is 0. The number of carbonyl (C=O) groups excluding carboxylic acids is 1. The molecule has 0 spiro atoms. The summed E-state index contributed by atoms with van der Waals surface area (Å²) in [5.41, 5.74) is 3.34. The number of anilines is 2. The molecule has 1 aromatic heterocycles. The molecule has 1 N–H and O–H groups in total. The average molecular weight is 361 g/mol. The molecule has 4 heteroatoms. The number of pyridine rings is 1. The van der Waals surface area contributed by atoms with Gasteiger partial charge in [0.1, 0.15) is 5.82 Å². The number of amides is 1. The zero-order valence-corrected chi connectivity index (χ0v) is 16.3. The van der Waals surface area contributed by atoms with Crippen LogP contribution in [0, 0.1) is 6.92 Å². The maximum atomic E-state index is 13.1. The highest BCUT2D eigenvalue weighted by molar-refractivity contribution is 6.14. The van der Waals surface area contributed by atoms with Crippen molar-refractivity contribution < 1.29 is 4.79 Å². The van der Waals surface area contributed by atoms with Gasteiger partial charge in [-0.05, 0) is 38.0 Å². The molecule has 2 heterocycles. The monoisotopic (exact) mass is 361 g/mol. The van der Waals surface area contributed by atoms with Gasteiger partial charge >= 0.3 is 0 Å². The van der Waals surface area contributed by atoms with E-state index in [0.717, 1.165) is 46.6 Å². The second-order valence-corrected chi connectivity index (χ2v) is 6.47. The molecule has 1 amide bonds. The lowest BCUT2D eigenvalue weighted by Gasteiger charge is -2.22. The van der Waals surface area contributed by atoms with Crippen molar-refractivity contribution in [1.29, 1.82) is 0 Å². The summed E-state index contributed by atoms with van der Waals surface area (Å²) in [5, 5.41) is 3.92. The molecular formula is C23H27N3O. The maximum absolute atomic E-state index is 13.1. The molecule has 2 aromatic carbocycles. The van der Waals surface area contributed by atoms with Crippen LogP contribution in [-0.2, 0) is 0 Å². The van der Waals surface area contributed by atoms with E-state index in [0.29, 0.717) is 0 Å². The minimum absolute atomic E-state index is 0.0808. The minimum atomic E-state index is -0.0808. The van der Waals surface area contributed by atoms with E-state index in [2.05, 4.69) is 10.2 Å². The van der Waals surface area contributed by atoms with E-state index in [-0.39, 0.29) is 5.91 Å². The Labute approximate surface area is 161 Å². The second kappa shape index (κ2) is 8.67. The first-order valence-corrected chi connectivity index (χ1v) is 9.75. The van der Waals surface area contributed by atoms with Crippen molar-refractivity contribution in [2.24, 2.45) is 0 Å². The third kappa shape index (κ3) is 3.95. The van der Waals surface area contributed by atoms with Crippen LogP contribution in [0.2, 0.25) is 0 Å². The zero-order valence-electron chi connectivity index (χ0n) is 16.3. The molecule has 0 bridgehead atoms. The Morgan fingerprint density at radius 2 is 1.59 bits per heavy atom. The first-order valence-electron chi connectivity index (χ1n) is 9.75. The first kappa shape index (κ1) is 18.9. The third-order valence-corrected chi connectivity index (χ3v) is 4.77. The number of benzene rings is 2. The number of hydrogen-bond donors (Lipinski definition) is 1. The number of aromatic nitrogens is 1. The molecule has 0 atom stereocenters. The van der Waals surface area contributed by atoms with Gasteiger partial charge in [-0.2, -0.15) is 0 Å². The van der Waals surface area contributed by atoms with Gasteiger partial charge in [-0.1, -0.05) is 50.2 Å². The SMILES string of the molecule is CC.Cc1c(N2CCCC2)nc2ccccc2c1C(=O)Nc1ccccc1. The highest BCUT2D eigenvalue weighted by Crippen LogP contribution is 2.30. The van der Waals surface area contributed by atoms with Gasteiger partial charge in [0.25, 0.3) is 5.91 Å². The number of rotatable bonds is 3. The van der Waals surface area contributed by atoms with E-state index in [4.69, 9.17) is 4.98 Å². The van der Waals surface area contributed by atoms with Crippen LogP contribution in [0.4, 0.5) is 11.5 Å². The van der Waals surface area contributed by atoms with Gasteiger partial charge in [0.2, 0.25) is 0 Å². The van der Waals surface area contributed by atoms with Crippen LogP contribution in [0.15, 0.2) is 54.6 Å². The van der Waals surface area contributed by atoms with E-state index >= 15 is 0 Å². The molecule has 4 nitrogen and oxygen atoms in total. The molecule has 0 radical (unpaired) electrons. The fraction of sp³-hybridized carbons (Fsp3) is 0.304. The molecule has 0 saturated carbocycles. The fourth-order valence-corrected chi connectivity index (χ4v) is 3.54. The normalized spacial score (nSPS) is 13.2. The van der Waals surface area contributed by atoms with E-state index in [1.165, 1.54) is 12.8 Å². The van der Waals surface area contributed by atoms with Gasteiger partial charge in [0, 0.05) is 29.7 Å². The largest absolute Gasteiger partial charge is 0.356 e. The van der Waals surface area contributed by atoms with Crippen molar-refractivity contribution in [3.05, 3.63) is 65.7 Å². The van der Waals surface area contributed by atoms with Crippen molar-refractivity contribution in [3.8, 4) is 0 Å². The molecule has 0 unspecified atom stereocenters. The number of carbonyl (C=O) groups is 1. The van der Waals surface area contributed by atoms with Crippen molar-refractivity contribution in [2.45, 2.75) is 33.6 Å². The topological polar surface area (TPSA) is 45.2 Å². The van der Waals surface area contributed by atoms with Crippen molar-refractivity contribution in [1.82, 2.24) is 4.98 Å². The second-order valence-electron chi connectivity index (χ2n) is 6.47. The Hall–Kier alpha value is -2.88. The van der Waals surface area contributed by atoms with Gasteiger partial charge in [-0.3, -0.25) is 4.79 Å². The highest BCUT2D eigenvalue weighted by Gasteiger charge is 2.22. The Morgan fingerprint density at radius 3 is 2.30 bits per heavy atom. The van der Waals surface area contributed by atoms with Gasteiger partial charge in [-0.25, -0.2) is 4.98 Å². The molecular weight excluding hydrogens is 334 g/mol. The van der Waals surface area contributed by atoms with Crippen LogP contribution < -0.4 is 10.2 Å². The molecule has 1 fully saturated rings.